The second-order valence-corrected chi connectivity index (χ2v) is 12.1. The van der Waals surface area contributed by atoms with Crippen LogP contribution in [0.15, 0.2) is 41.7 Å². The molecule has 3 aliphatic rings. The second-order valence-electron chi connectivity index (χ2n) is 12.1. The van der Waals surface area contributed by atoms with E-state index in [1.807, 2.05) is 0 Å². The molecule has 37 heavy (non-hydrogen) atoms. The van der Waals surface area contributed by atoms with Crippen LogP contribution in [0.5, 0.6) is 0 Å². The SMILES string of the molecule is C1=CC=C2CCCCCCCCCCCCCN3C=C(C=CC3)CCCCCCCCCCCC[N+]=1C2. The van der Waals surface area contributed by atoms with E-state index < -0.39 is 0 Å². The number of rotatable bonds is 0. The van der Waals surface area contributed by atoms with Crippen molar-refractivity contribution < 1.29 is 4.58 Å². The fourth-order valence-corrected chi connectivity index (χ4v) is 6.19. The Labute approximate surface area is 230 Å². The average Bonchev–Trinajstić information content (AvgIpc) is 2.92. The summed E-state index contributed by atoms with van der Waals surface area (Å²) < 4.78 is 2.44. The molecular formula is C35H59N2+. The first-order valence-electron chi connectivity index (χ1n) is 16.5. The van der Waals surface area contributed by atoms with Gasteiger partial charge in [-0.15, -0.1) is 0 Å². The Morgan fingerprint density at radius 1 is 0.595 bits per heavy atom. The average molecular weight is 508 g/mol. The fourth-order valence-electron chi connectivity index (χ4n) is 6.19. The summed E-state index contributed by atoms with van der Waals surface area (Å²) in [6, 6.07) is 0. The zero-order valence-electron chi connectivity index (χ0n) is 24.4. The molecule has 208 valence electrons. The van der Waals surface area contributed by atoms with Gasteiger partial charge in [-0.1, -0.05) is 115 Å². The first-order valence-corrected chi connectivity index (χ1v) is 16.5. The molecule has 0 saturated carbocycles. The Morgan fingerprint density at radius 2 is 1.14 bits per heavy atom. The van der Waals surface area contributed by atoms with Crippen molar-refractivity contribution >= 4 is 5.87 Å². The number of nitrogens with zero attached hydrogens (tertiary/aromatic N) is 2. The van der Waals surface area contributed by atoms with Crippen molar-refractivity contribution in [1.82, 2.24) is 4.90 Å². The Bertz CT molecular complexity index is 749. The largest absolute Gasteiger partial charge is 0.373 e. The first-order chi connectivity index (χ1) is 18.4. The van der Waals surface area contributed by atoms with Gasteiger partial charge >= 0.3 is 0 Å². The summed E-state index contributed by atoms with van der Waals surface area (Å²) in [6.45, 7) is 4.69. The smallest absolute Gasteiger partial charge is 0.174 e. The zero-order chi connectivity index (χ0) is 25.6. The van der Waals surface area contributed by atoms with E-state index in [0.717, 1.165) is 13.1 Å². The minimum absolute atomic E-state index is 1.12. The Hall–Kier alpha value is -1.53. The van der Waals surface area contributed by atoms with E-state index >= 15 is 0 Å². The molecule has 0 saturated heterocycles. The maximum Gasteiger partial charge on any atom is 0.174 e. The molecule has 0 N–H and O–H groups in total. The van der Waals surface area contributed by atoms with E-state index in [0.29, 0.717) is 0 Å². The first kappa shape index (κ1) is 30.0. The van der Waals surface area contributed by atoms with Crippen LogP contribution >= 0.6 is 0 Å². The van der Waals surface area contributed by atoms with Crippen LogP contribution in [-0.2, 0) is 0 Å². The van der Waals surface area contributed by atoms with Crippen molar-refractivity contribution in [3.05, 3.63) is 41.7 Å². The van der Waals surface area contributed by atoms with Gasteiger partial charge in [0.1, 0.15) is 0 Å². The number of hydrogen-bond acceptors (Lipinski definition) is 1. The van der Waals surface area contributed by atoms with E-state index in [4.69, 9.17) is 0 Å². The molecule has 0 aromatic heterocycles. The summed E-state index contributed by atoms with van der Waals surface area (Å²) in [6.07, 6.45) is 44.0. The quantitative estimate of drug-likeness (QED) is 0.296. The highest BCUT2D eigenvalue weighted by Gasteiger charge is 2.11. The summed E-state index contributed by atoms with van der Waals surface area (Å²) in [4.78, 5) is 2.56. The molecule has 0 spiro atoms. The molecule has 2 nitrogen and oxygen atoms in total. The molecule has 0 aromatic carbocycles. The topological polar surface area (TPSA) is 6.25 Å². The van der Waals surface area contributed by atoms with Crippen molar-refractivity contribution in [2.75, 3.05) is 26.2 Å². The molecular weight excluding hydrogens is 448 g/mol. The van der Waals surface area contributed by atoms with Gasteiger partial charge in [-0.2, -0.15) is 4.58 Å². The Kier molecular flexibility index (Phi) is 16.6. The maximum atomic E-state index is 3.47. The van der Waals surface area contributed by atoms with Crippen LogP contribution in [0.2, 0.25) is 0 Å². The third-order valence-corrected chi connectivity index (χ3v) is 8.58. The highest BCUT2D eigenvalue weighted by molar-refractivity contribution is 5.51. The van der Waals surface area contributed by atoms with Gasteiger partial charge in [-0.3, -0.25) is 0 Å². The third-order valence-electron chi connectivity index (χ3n) is 8.58. The molecule has 4 bridgehead atoms. The summed E-state index contributed by atoms with van der Waals surface area (Å²) in [5.41, 5.74) is 3.19. The van der Waals surface area contributed by atoms with Crippen LogP contribution in [0.25, 0.3) is 0 Å². The molecule has 0 radical (unpaired) electrons. The van der Waals surface area contributed by atoms with Crippen molar-refractivity contribution in [2.24, 2.45) is 0 Å². The lowest BCUT2D eigenvalue weighted by Gasteiger charge is -2.23. The van der Waals surface area contributed by atoms with Crippen LogP contribution in [0.1, 0.15) is 148 Å². The van der Waals surface area contributed by atoms with E-state index in [-0.39, 0.29) is 0 Å². The van der Waals surface area contributed by atoms with Gasteiger partial charge in [0.15, 0.2) is 19.0 Å². The predicted octanol–water partition coefficient (Wildman–Crippen LogP) is 9.91. The Balaban J connectivity index is 1.32. The van der Waals surface area contributed by atoms with Gasteiger partial charge in [0.25, 0.3) is 0 Å². The zero-order valence-corrected chi connectivity index (χ0v) is 24.4. The monoisotopic (exact) mass is 507 g/mol. The Morgan fingerprint density at radius 3 is 1.78 bits per heavy atom. The third kappa shape index (κ3) is 14.8. The molecule has 0 unspecified atom stereocenters. The fraction of sp³-hybridized carbons (Fsp3) is 0.771. The van der Waals surface area contributed by atoms with Crippen LogP contribution in [-0.4, -0.2) is 41.5 Å². The maximum absolute atomic E-state index is 3.47. The van der Waals surface area contributed by atoms with Crippen LogP contribution in [0.4, 0.5) is 0 Å². The van der Waals surface area contributed by atoms with Gasteiger partial charge in [-0.05, 0) is 55.7 Å². The van der Waals surface area contributed by atoms with Crippen molar-refractivity contribution in [1.29, 1.82) is 0 Å². The summed E-state index contributed by atoms with van der Waals surface area (Å²) >= 11 is 0. The number of hydrogen-bond donors (Lipinski definition) is 0. The minimum Gasteiger partial charge on any atom is -0.373 e. The second kappa shape index (κ2) is 20.4. The van der Waals surface area contributed by atoms with E-state index in [1.165, 1.54) is 161 Å². The molecule has 3 heterocycles. The van der Waals surface area contributed by atoms with Gasteiger partial charge < -0.3 is 4.90 Å². The van der Waals surface area contributed by atoms with Crippen molar-refractivity contribution in [2.45, 2.75) is 148 Å². The summed E-state index contributed by atoms with van der Waals surface area (Å²) in [5, 5.41) is 0. The lowest BCUT2D eigenvalue weighted by atomic mass is 10.0. The molecule has 3 rings (SSSR count). The summed E-state index contributed by atoms with van der Waals surface area (Å²) in [5.74, 6) is 3.47. The molecule has 0 fully saturated rings. The van der Waals surface area contributed by atoms with E-state index in [9.17, 15) is 0 Å². The standard InChI is InChI=1S/C35H59N2/c1-2-6-10-14-18-24-34-26-22-31-37(32-34)29-21-17-13-9-5-3-7-11-15-19-25-35-27-23-30-36(33-35)28-20-16-12-8-4-1/h22-23,26-27,33H,1-21,24-25,28-30,32H2/q+1. The number of allylic oxidation sites excluding steroid dienone is 4. The molecule has 0 amide bonds. The van der Waals surface area contributed by atoms with E-state index in [2.05, 4.69) is 45.8 Å². The van der Waals surface area contributed by atoms with Crippen molar-refractivity contribution in [3.63, 3.8) is 0 Å². The van der Waals surface area contributed by atoms with E-state index in [1.54, 1.807) is 11.1 Å². The van der Waals surface area contributed by atoms with Gasteiger partial charge in [0, 0.05) is 31.8 Å². The van der Waals surface area contributed by atoms with Gasteiger partial charge in [0.2, 0.25) is 0 Å². The molecule has 0 aromatic rings. The lowest BCUT2D eigenvalue weighted by molar-refractivity contribution is -0.514. The molecule has 3 aliphatic heterocycles. The van der Waals surface area contributed by atoms with Gasteiger partial charge in [0.05, 0.1) is 0 Å². The van der Waals surface area contributed by atoms with Crippen LogP contribution in [0.3, 0.4) is 0 Å². The molecule has 2 heteroatoms. The lowest BCUT2D eigenvalue weighted by Crippen LogP contribution is -2.21. The highest BCUT2D eigenvalue weighted by Crippen LogP contribution is 2.19. The van der Waals surface area contributed by atoms with Crippen LogP contribution in [0, 0.1) is 0 Å². The highest BCUT2D eigenvalue weighted by atomic mass is 15.1. The minimum atomic E-state index is 1.12. The molecule has 0 aliphatic carbocycles. The van der Waals surface area contributed by atoms with Crippen molar-refractivity contribution in [3.8, 4) is 0 Å². The normalized spacial score (nSPS) is 23.8. The predicted molar refractivity (Wildman–Crippen MR) is 163 cm³/mol. The van der Waals surface area contributed by atoms with Crippen LogP contribution < -0.4 is 0 Å². The van der Waals surface area contributed by atoms with Gasteiger partial charge in [-0.25, -0.2) is 0 Å². The molecule has 0 atom stereocenters. The number of fused-ring (bicyclic) bond motifs is 3. The summed E-state index contributed by atoms with van der Waals surface area (Å²) in [7, 11) is 0.